The lowest BCUT2D eigenvalue weighted by molar-refractivity contribution is 0.412. The Hall–Kier alpha value is -1.14. The molecule has 0 bridgehead atoms. The van der Waals surface area contributed by atoms with E-state index in [2.05, 4.69) is 31.8 Å². The summed E-state index contributed by atoms with van der Waals surface area (Å²) in [5.41, 5.74) is 3.62. The van der Waals surface area contributed by atoms with Crippen molar-refractivity contribution >= 4 is 39.5 Å². The van der Waals surface area contributed by atoms with Gasteiger partial charge >= 0.3 is 0 Å². The Bertz CT molecular complexity index is 409. The normalized spacial score (nSPS) is 10.2. The number of benzene rings is 1. The van der Waals surface area contributed by atoms with Gasteiger partial charge in [-0.1, -0.05) is 0 Å². The third-order valence-corrected chi connectivity index (χ3v) is 2.70. The molecule has 0 fully saturated rings. The Morgan fingerprint density at radius 1 is 1.56 bits per heavy atom. The van der Waals surface area contributed by atoms with E-state index in [1.807, 2.05) is 18.2 Å². The average Bonchev–Trinajstić information content (AvgIpc) is 2.29. The molecule has 2 N–H and O–H groups in total. The summed E-state index contributed by atoms with van der Waals surface area (Å²) in [4.78, 5) is 0. The van der Waals surface area contributed by atoms with Crippen LogP contribution in [0, 0.1) is 0 Å². The van der Waals surface area contributed by atoms with Crippen molar-refractivity contribution in [3.05, 3.63) is 28.2 Å². The van der Waals surface area contributed by atoms with Crippen LogP contribution in [0.5, 0.6) is 5.75 Å². The molecule has 0 unspecified atom stereocenters. The Labute approximate surface area is 108 Å². The molecule has 1 aromatic rings. The van der Waals surface area contributed by atoms with E-state index < -0.39 is 0 Å². The largest absolute Gasteiger partial charge is 0.496 e. The molecule has 0 amide bonds. The first-order valence-corrected chi connectivity index (χ1v) is 5.72. The quantitative estimate of drug-likeness (QED) is 0.508. The van der Waals surface area contributed by atoms with E-state index in [0.29, 0.717) is 5.11 Å². The summed E-state index contributed by atoms with van der Waals surface area (Å²) in [7, 11) is 3.36. The van der Waals surface area contributed by atoms with Crippen molar-refractivity contribution in [2.75, 3.05) is 14.2 Å². The molecule has 86 valence electrons. The summed E-state index contributed by atoms with van der Waals surface area (Å²) in [6.45, 7) is 0. The van der Waals surface area contributed by atoms with E-state index in [-0.39, 0.29) is 0 Å². The summed E-state index contributed by atoms with van der Waals surface area (Å²) in [5, 5.41) is 7.20. The number of nitrogens with one attached hydrogen (secondary N) is 2. The van der Waals surface area contributed by atoms with E-state index in [1.165, 1.54) is 0 Å². The highest BCUT2D eigenvalue weighted by molar-refractivity contribution is 9.10. The van der Waals surface area contributed by atoms with Gasteiger partial charge in [0.2, 0.25) is 0 Å². The predicted octanol–water partition coefficient (Wildman–Crippen LogP) is 1.89. The molecule has 1 rings (SSSR count). The molecule has 16 heavy (non-hydrogen) atoms. The number of hydrazone groups is 1. The van der Waals surface area contributed by atoms with Crippen LogP contribution in [0.1, 0.15) is 5.56 Å². The van der Waals surface area contributed by atoms with Crippen molar-refractivity contribution in [2.24, 2.45) is 5.10 Å². The van der Waals surface area contributed by atoms with Crippen LogP contribution in [0.4, 0.5) is 0 Å². The van der Waals surface area contributed by atoms with Gasteiger partial charge in [-0.2, -0.15) is 5.10 Å². The second-order valence-corrected chi connectivity index (χ2v) is 4.11. The third-order valence-electron chi connectivity index (χ3n) is 1.78. The molecule has 0 aliphatic rings. The Balaban J connectivity index is 2.68. The first-order chi connectivity index (χ1) is 7.67. The zero-order chi connectivity index (χ0) is 12.0. The van der Waals surface area contributed by atoms with E-state index in [9.17, 15) is 0 Å². The van der Waals surface area contributed by atoms with E-state index >= 15 is 0 Å². The second-order valence-electron chi connectivity index (χ2n) is 2.84. The zero-order valence-electron chi connectivity index (χ0n) is 8.95. The smallest absolute Gasteiger partial charge is 0.186 e. The SMILES string of the molecule is CNC(=S)N/N=C/c1ccc(OC)c(Br)c1. The minimum absolute atomic E-state index is 0.476. The van der Waals surface area contributed by atoms with Gasteiger partial charge in [-0.3, -0.25) is 5.43 Å². The molecular weight excluding hydrogens is 290 g/mol. The van der Waals surface area contributed by atoms with E-state index in [0.717, 1.165) is 15.8 Å². The lowest BCUT2D eigenvalue weighted by Gasteiger charge is -2.03. The monoisotopic (exact) mass is 301 g/mol. The summed E-state index contributed by atoms with van der Waals surface area (Å²) in [5.74, 6) is 0.788. The summed E-state index contributed by atoms with van der Waals surface area (Å²) in [6, 6.07) is 5.67. The van der Waals surface area contributed by atoms with Gasteiger partial charge in [0.1, 0.15) is 5.75 Å². The fourth-order valence-corrected chi connectivity index (χ4v) is 1.60. The van der Waals surface area contributed by atoms with Crippen molar-refractivity contribution in [3.8, 4) is 5.75 Å². The van der Waals surface area contributed by atoms with Crippen molar-refractivity contribution in [1.29, 1.82) is 0 Å². The van der Waals surface area contributed by atoms with Gasteiger partial charge < -0.3 is 10.1 Å². The molecule has 4 nitrogen and oxygen atoms in total. The van der Waals surface area contributed by atoms with Crippen molar-refractivity contribution in [3.63, 3.8) is 0 Å². The first-order valence-electron chi connectivity index (χ1n) is 4.51. The topological polar surface area (TPSA) is 45.7 Å². The second kappa shape index (κ2) is 6.44. The lowest BCUT2D eigenvalue weighted by atomic mass is 10.2. The third kappa shape index (κ3) is 3.79. The van der Waals surface area contributed by atoms with Crippen LogP contribution in [0.3, 0.4) is 0 Å². The van der Waals surface area contributed by atoms with Crippen LogP contribution < -0.4 is 15.5 Å². The molecule has 0 saturated carbocycles. The van der Waals surface area contributed by atoms with Gasteiger partial charge in [0.25, 0.3) is 0 Å². The summed E-state index contributed by atoms with van der Waals surface area (Å²) < 4.78 is 6.01. The maximum Gasteiger partial charge on any atom is 0.186 e. The van der Waals surface area contributed by atoms with Crippen LogP contribution in [0.25, 0.3) is 0 Å². The molecule has 0 atom stereocenters. The van der Waals surface area contributed by atoms with Crippen molar-refractivity contribution in [2.45, 2.75) is 0 Å². The maximum absolute atomic E-state index is 5.12. The van der Waals surface area contributed by atoms with Crippen LogP contribution in [0.15, 0.2) is 27.8 Å². The molecule has 0 aliphatic heterocycles. The van der Waals surface area contributed by atoms with Gasteiger partial charge in [0, 0.05) is 7.05 Å². The number of rotatable bonds is 3. The number of hydrogen-bond donors (Lipinski definition) is 2. The highest BCUT2D eigenvalue weighted by atomic mass is 79.9. The molecule has 0 spiro atoms. The van der Waals surface area contributed by atoms with Crippen LogP contribution in [0.2, 0.25) is 0 Å². The van der Waals surface area contributed by atoms with Gasteiger partial charge in [0.15, 0.2) is 5.11 Å². The van der Waals surface area contributed by atoms with Crippen molar-refractivity contribution in [1.82, 2.24) is 10.7 Å². The highest BCUT2D eigenvalue weighted by Crippen LogP contribution is 2.24. The van der Waals surface area contributed by atoms with Crippen molar-refractivity contribution < 1.29 is 4.74 Å². The van der Waals surface area contributed by atoms with E-state index in [4.69, 9.17) is 17.0 Å². The fourth-order valence-electron chi connectivity index (χ4n) is 0.984. The highest BCUT2D eigenvalue weighted by Gasteiger charge is 1.99. The standard InChI is InChI=1S/C10H12BrN3OS/c1-12-10(16)14-13-6-7-3-4-9(15-2)8(11)5-7/h3-6H,1-2H3,(H2,12,14,16)/b13-6+. The number of ether oxygens (including phenoxy) is 1. The minimum atomic E-state index is 0.476. The number of methoxy groups -OCH3 is 1. The van der Waals surface area contributed by atoms with Crippen LogP contribution in [-0.4, -0.2) is 25.5 Å². The molecule has 0 aliphatic carbocycles. The fraction of sp³-hybridized carbons (Fsp3) is 0.200. The Morgan fingerprint density at radius 3 is 2.88 bits per heavy atom. The number of hydrogen-bond acceptors (Lipinski definition) is 3. The minimum Gasteiger partial charge on any atom is -0.496 e. The predicted molar refractivity (Wildman–Crippen MR) is 73.1 cm³/mol. The van der Waals surface area contributed by atoms with Crippen LogP contribution >= 0.6 is 28.1 Å². The molecule has 0 heterocycles. The molecular formula is C10H12BrN3OS. The molecule has 0 aromatic heterocycles. The number of thiocarbonyl (C=S) groups is 1. The Kier molecular flexibility index (Phi) is 5.21. The summed E-state index contributed by atoms with van der Waals surface area (Å²) >= 11 is 8.27. The van der Waals surface area contributed by atoms with Gasteiger partial charge in [-0.15, -0.1) is 0 Å². The van der Waals surface area contributed by atoms with E-state index in [1.54, 1.807) is 20.4 Å². The molecule has 1 aromatic carbocycles. The molecule has 0 radical (unpaired) electrons. The molecule has 0 saturated heterocycles. The average molecular weight is 302 g/mol. The van der Waals surface area contributed by atoms with Gasteiger partial charge in [-0.05, 0) is 51.9 Å². The maximum atomic E-state index is 5.12. The van der Waals surface area contributed by atoms with Crippen LogP contribution in [-0.2, 0) is 0 Å². The first kappa shape index (κ1) is 12.9. The molecule has 6 heteroatoms. The van der Waals surface area contributed by atoms with Gasteiger partial charge in [0.05, 0.1) is 17.8 Å². The lowest BCUT2D eigenvalue weighted by Crippen LogP contribution is -2.28. The number of halogens is 1. The van der Waals surface area contributed by atoms with Gasteiger partial charge in [-0.25, -0.2) is 0 Å². The summed E-state index contributed by atoms with van der Waals surface area (Å²) in [6.07, 6.45) is 1.67. The Morgan fingerprint density at radius 2 is 2.31 bits per heavy atom. The number of nitrogens with zero attached hydrogens (tertiary/aromatic N) is 1. The zero-order valence-corrected chi connectivity index (χ0v) is 11.4.